The van der Waals surface area contributed by atoms with Gasteiger partial charge < -0.3 is 9.84 Å². The molecule has 2 aromatic heterocycles. The average Bonchev–Trinajstić information content (AvgIpc) is 3.13. The first-order valence-electron chi connectivity index (χ1n) is 7.53. The molecule has 0 aliphatic rings. The lowest BCUT2D eigenvalue weighted by Crippen LogP contribution is -2.40. The van der Waals surface area contributed by atoms with E-state index < -0.39 is 5.54 Å². The first-order valence-corrected chi connectivity index (χ1v) is 8.34. The van der Waals surface area contributed by atoms with E-state index >= 15 is 0 Å². The number of nitrogens with one attached hydrogen (secondary N) is 1. The number of aromatic nitrogens is 3. The van der Waals surface area contributed by atoms with Crippen LogP contribution in [0, 0.1) is 6.92 Å². The molecule has 24 heavy (non-hydrogen) atoms. The van der Waals surface area contributed by atoms with Crippen LogP contribution in [0.3, 0.4) is 0 Å². The summed E-state index contributed by atoms with van der Waals surface area (Å²) in [6, 6.07) is 9.96. The Balaban J connectivity index is 1.94. The molecule has 0 aliphatic carbocycles. The highest BCUT2D eigenvalue weighted by Crippen LogP contribution is 2.34. The Kier molecular flexibility index (Phi) is 4.19. The van der Waals surface area contributed by atoms with Crippen molar-refractivity contribution in [3.63, 3.8) is 0 Å². The first kappa shape index (κ1) is 16.3. The van der Waals surface area contributed by atoms with Crippen LogP contribution in [-0.4, -0.2) is 21.0 Å². The minimum atomic E-state index is -0.700. The number of hydrogen-bond acceptors (Lipinski definition) is 6. The molecule has 0 saturated heterocycles. The van der Waals surface area contributed by atoms with Crippen molar-refractivity contribution in [2.75, 3.05) is 0 Å². The Morgan fingerprint density at radius 1 is 1.21 bits per heavy atom. The van der Waals surface area contributed by atoms with Gasteiger partial charge in [0.25, 0.3) is 5.89 Å². The molecule has 1 aromatic carbocycles. The van der Waals surface area contributed by atoms with Crippen LogP contribution in [0.15, 0.2) is 34.9 Å². The molecule has 3 rings (SSSR count). The molecule has 7 heteroatoms. The lowest BCUT2D eigenvalue weighted by Gasteiger charge is -2.20. The summed E-state index contributed by atoms with van der Waals surface area (Å²) in [5, 5.41) is 7.73. The van der Waals surface area contributed by atoms with Crippen molar-refractivity contribution in [2.45, 2.75) is 33.2 Å². The van der Waals surface area contributed by atoms with Crippen LogP contribution in [0.1, 0.15) is 32.3 Å². The number of carbonyl (C=O) groups is 1. The van der Waals surface area contributed by atoms with E-state index in [-0.39, 0.29) is 5.91 Å². The minimum absolute atomic E-state index is 0.147. The molecule has 3 aromatic rings. The highest BCUT2D eigenvalue weighted by molar-refractivity contribution is 7.18. The number of benzene rings is 1. The first-order chi connectivity index (χ1) is 11.4. The summed E-state index contributed by atoms with van der Waals surface area (Å²) in [7, 11) is 0. The molecular weight excluding hydrogens is 324 g/mol. The summed E-state index contributed by atoms with van der Waals surface area (Å²) in [4.78, 5) is 21.2. The van der Waals surface area contributed by atoms with E-state index in [4.69, 9.17) is 4.52 Å². The van der Waals surface area contributed by atoms with Gasteiger partial charge in [-0.3, -0.25) is 4.79 Å². The smallest absolute Gasteiger partial charge is 0.270 e. The van der Waals surface area contributed by atoms with Crippen LogP contribution in [0.5, 0.6) is 0 Å². The van der Waals surface area contributed by atoms with E-state index in [9.17, 15) is 4.79 Å². The van der Waals surface area contributed by atoms with Crippen molar-refractivity contribution in [3.8, 4) is 21.3 Å². The maximum atomic E-state index is 11.3. The van der Waals surface area contributed by atoms with Crippen molar-refractivity contribution in [1.29, 1.82) is 0 Å². The molecule has 0 spiro atoms. The van der Waals surface area contributed by atoms with Crippen molar-refractivity contribution in [2.24, 2.45) is 0 Å². The monoisotopic (exact) mass is 342 g/mol. The van der Waals surface area contributed by atoms with Gasteiger partial charge in [-0.05, 0) is 20.8 Å². The quantitative estimate of drug-likeness (QED) is 0.784. The van der Waals surface area contributed by atoms with Crippen molar-refractivity contribution >= 4 is 17.2 Å². The molecule has 0 bridgehead atoms. The average molecular weight is 342 g/mol. The summed E-state index contributed by atoms with van der Waals surface area (Å²) in [5.41, 5.74) is 1.19. The Bertz CT molecular complexity index is 868. The van der Waals surface area contributed by atoms with Crippen LogP contribution in [0.25, 0.3) is 21.3 Å². The van der Waals surface area contributed by atoms with E-state index in [0.29, 0.717) is 11.7 Å². The third kappa shape index (κ3) is 3.21. The summed E-state index contributed by atoms with van der Waals surface area (Å²) in [6.07, 6.45) is 0. The van der Waals surface area contributed by atoms with Gasteiger partial charge >= 0.3 is 0 Å². The standard InChI is InChI=1S/C17H18N4O2S/c1-10-13(24-15(18-10)12-8-6-5-7-9-12)14-19-16(21-23-14)17(3,4)20-11(2)22/h5-9H,1-4H3,(H,20,22). The maximum absolute atomic E-state index is 11.3. The summed E-state index contributed by atoms with van der Waals surface area (Å²) >= 11 is 1.51. The zero-order chi connectivity index (χ0) is 17.3. The maximum Gasteiger partial charge on any atom is 0.270 e. The molecule has 124 valence electrons. The third-order valence-corrected chi connectivity index (χ3v) is 4.68. The SMILES string of the molecule is CC(=O)NC(C)(C)c1noc(-c2sc(-c3ccccc3)nc2C)n1. The fraction of sp³-hybridized carbons (Fsp3) is 0.294. The van der Waals surface area contributed by atoms with Crippen LogP contribution < -0.4 is 5.32 Å². The van der Waals surface area contributed by atoms with Gasteiger partial charge in [-0.15, -0.1) is 11.3 Å². The molecule has 2 heterocycles. The van der Waals surface area contributed by atoms with E-state index in [0.717, 1.165) is 21.1 Å². The second-order valence-electron chi connectivity index (χ2n) is 6.03. The second-order valence-corrected chi connectivity index (χ2v) is 7.03. The number of aryl methyl sites for hydroxylation is 1. The predicted molar refractivity (Wildman–Crippen MR) is 92.4 cm³/mol. The lowest BCUT2D eigenvalue weighted by molar-refractivity contribution is -0.120. The van der Waals surface area contributed by atoms with Crippen LogP contribution in [0.4, 0.5) is 0 Å². The fourth-order valence-electron chi connectivity index (χ4n) is 2.36. The Morgan fingerprint density at radius 2 is 1.92 bits per heavy atom. The van der Waals surface area contributed by atoms with Gasteiger partial charge in [0.05, 0.1) is 11.2 Å². The zero-order valence-electron chi connectivity index (χ0n) is 14.0. The Labute approximate surface area is 143 Å². The lowest BCUT2D eigenvalue weighted by atomic mass is 10.1. The van der Waals surface area contributed by atoms with Crippen molar-refractivity contribution in [3.05, 3.63) is 41.9 Å². The van der Waals surface area contributed by atoms with Crippen molar-refractivity contribution in [1.82, 2.24) is 20.4 Å². The van der Waals surface area contributed by atoms with E-state index in [1.54, 1.807) is 0 Å². The third-order valence-electron chi connectivity index (χ3n) is 3.49. The van der Waals surface area contributed by atoms with E-state index in [1.165, 1.54) is 18.3 Å². The van der Waals surface area contributed by atoms with Gasteiger partial charge in [0.1, 0.15) is 9.88 Å². The second kappa shape index (κ2) is 6.16. The largest absolute Gasteiger partial charge is 0.344 e. The number of hydrogen-bond donors (Lipinski definition) is 1. The van der Waals surface area contributed by atoms with Gasteiger partial charge in [-0.1, -0.05) is 35.5 Å². The summed E-state index contributed by atoms with van der Waals surface area (Å²) < 4.78 is 5.41. The molecule has 0 fully saturated rings. The van der Waals surface area contributed by atoms with Crippen molar-refractivity contribution < 1.29 is 9.32 Å². The zero-order valence-corrected chi connectivity index (χ0v) is 14.8. The van der Waals surface area contributed by atoms with E-state index in [2.05, 4.69) is 20.4 Å². The predicted octanol–water partition coefficient (Wildman–Crippen LogP) is 3.54. The summed E-state index contributed by atoms with van der Waals surface area (Å²) in [6.45, 7) is 7.04. The molecule has 0 saturated carbocycles. The van der Waals surface area contributed by atoms with Gasteiger partial charge in [0.15, 0.2) is 5.82 Å². The molecule has 1 N–H and O–H groups in total. The van der Waals surface area contributed by atoms with Gasteiger partial charge in [0.2, 0.25) is 5.91 Å². The summed E-state index contributed by atoms with van der Waals surface area (Å²) in [5.74, 6) is 0.703. The topological polar surface area (TPSA) is 80.9 Å². The molecule has 0 aliphatic heterocycles. The minimum Gasteiger partial charge on any atom is -0.344 e. The van der Waals surface area contributed by atoms with Crippen LogP contribution >= 0.6 is 11.3 Å². The van der Waals surface area contributed by atoms with Gasteiger partial charge in [-0.2, -0.15) is 4.98 Å². The number of nitrogens with zero attached hydrogens (tertiary/aromatic N) is 3. The molecular formula is C17H18N4O2S. The van der Waals surface area contributed by atoms with Crippen LogP contribution in [-0.2, 0) is 10.3 Å². The van der Waals surface area contributed by atoms with Crippen LogP contribution in [0.2, 0.25) is 0 Å². The van der Waals surface area contributed by atoms with Gasteiger partial charge in [-0.25, -0.2) is 4.98 Å². The normalized spacial score (nSPS) is 11.5. The number of rotatable bonds is 4. The molecule has 0 radical (unpaired) electrons. The highest BCUT2D eigenvalue weighted by atomic mass is 32.1. The molecule has 6 nitrogen and oxygen atoms in total. The molecule has 1 amide bonds. The Hall–Kier alpha value is -2.54. The molecule has 0 unspecified atom stereocenters. The number of thiazole rings is 1. The highest BCUT2D eigenvalue weighted by Gasteiger charge is 2.28. The van der Waals surface area contributed by atoms with Gasteiger partial charge in [0, 0.05) is 12.5 Å². The number of carbonyl (C=O) groups excluding carboxylic acids is 1. The fourth-order valence-corrected chi connectivity index (χ4v) is 3.36. The Morgan fingerprint density at radius 3 is 2.58 bits per heavy atom. The number of amides is 1. The van der Waals surface area contributed by atoms with E-state index in [1.807, 2.05) is 51.1 Å². The molecule has 0 atom stereocenters.